The van der Waals surface area contributed by atoms with E-state index in [9.17, 15) is 9.59 Å². The highest BCUT2D eigenvalue weighted by Crippen LogP contribution is 2.15. The van der Waals surface area contributed by atoms with Gasteiger partial charge in [-0.3, -0.25) is 9.59 Å². The summed E-state index contributed by atoms with van der Waals surface area (Å²) < 4.78 is 6.00. The average Bonchev–Trinajstić information content (AvgIpc) is 2.72. The van der Waals surface area contributed by atoms with Crippen molar-refractivity contribution in [3.8, 4) is 5.75 Å². The van der Waals surface area contributed by atoms with E-state index in [2.05, 4.69) is 36.5 Å². The lowest BCUT2D eigenvalue weighted by Crippen LogP contribution is -2.26. The van der Waals surface area contributed by atoms with E-state index < -0.39 is 11.8 Å². The zero-order valence-corrected chi connectivity index (χ0v) is 16.6. The van der Waals surface area contributed by atoms with E-state index >= 15 is 0 Å². The molecule has 0 unspecified atom stereocenters. The van der Waals surface area contributed by atoms with Crippen molar-refractivity contribution < 1.29 is 14.3 Å². The van der Waals surface area contributed by atoms with E-state index in [1.807, 2.05) is 24.3 Å². The van der Waals surface area contributed by atoms with Gasteiger partial charge in [-0.1, -0.05) is 28.1 Å². The summed E-state index contributed by atoms with van der Waals surface area (Å²) in [4.78, 5) is 33.1. The van der Waals surface area contributed by atoms with Crippen molar-refractivity contribution in [3.05, 3.63) is 82.2 Å². The first-order valence-electron chi connectivity index (χ1n) is 8.36. The van der Waals surface area contributed by atoms with Crippen molar-refractivity contribution in [2.75, 3.05) is 12.4 Å². The molecule has 0 fully saturated rings. The minimum atomic E-state index is -0.432. The summed E-state index contributed by atoms with van der Waals surface area (Å²) in [6, 6.07) is 14.2. The van der Waals surface area contributed by atoms with Gasteiger partial charge >= 0.3 is 0 Å². The molecule has 0 aliphatic carbocycles. The second-order valence-corrected chi connectivity index (χ2v) is 6.66. The fraction of sp³-hybridized carbons (Fsp3) is 0.100. The zero-order valence-electron chi connectivity index (χ0n) is 15.0. The summed E-state index contributed by atoms with van der Waals surface area (Å²) >= 11 is 3.39. The first-order chi connectivity index (χ1) is 13.6. The lowest BCUT2D eigenvalue weighted by Gasteiger charge is -2.10. The number of halogens is 1. The van der Waals surface area contributed by atoms with Crippen LogP contribution in [0.1, 0.15) is 26.4 Å². The molecule has 0 radical (unpaired) electrons. The van der Waals surface area contributed by atoms with Gasteiger partial charge in [0.1, 0.15) is 5.75 Å². The quantitative estimate of drug-likeness (QED) is 0.612. The van der Waals surface area contributed by atoms with Crippen LogP contribution in [-0.2, 0) is 6.54 Å². The molecule has 3 rings (SSSR count). The number of aromatic nitrogens is 2. The summed E-state index contributed by atoms with van der Waals surface area (Å²) in [5.41, 5.74) is 1.38. The maximum atomic E-state index is 12.5. The Labute approximate surface area is 170 Å². The van der Waals surface area contributed by atoms with E-state index in [1.165, 1.54) is 12.4 Å². The van der Waals surface area contributed by atoms with Gasteiger partial charge in [-0.25, -0.2) is 9.97 Å². The van der Waals surface area contributed by atoms with E-state index in [-0.39, 0.29) is 11.5 Å². The Morgan fingerprint density at radius 2 is 1.79 bits per heavy atom. The second kappa shape index (κ2) is 9.09. The number of hydrogen-bond acceptors (Lipinski definition) is 5. The highest BCUT2D eigenvalue weighted by atomic mass is 79.9. The number of anilines is 1. The van der Waals surface area contributed by atoms with Gasteiger partial charge in [0.2, 0.25) is 0 Å². The summed E-state index contributed by atoms with van der Waals surface area (Å²) in [5, 5.41) is 5.41. The van der Waals surface area contributed by atoms with E-state index in [0.29, 0.717) is 17.9 Å². The van der Waals surface area contributed by atoms with Crippen LogP contribution in [0, 0.1) is 0 Å². The molecule has 0 spiro atoms. The molecule has 3 aromatic rings. The maximum absolute atomic E-state index is 12.5. The van der Waals surface area contributed by atoms with Crippen LogP contribution in [0.15, 0.2) is 65.4 Å². The predicted octanol–water partition coefficient (Wildman–Crippen LogP) is 3.43. The molecule has 0 aliphatic rings. The number of nitrogens with one attached hydrogen (secondary N) is 2. The molecule has 28 heavy (non-hydrogen) atoms. The van der Waals surface area contributed by atoms with Crippen molar-refractivity contribution in [2.24, 2.45) is 0 Å². The van der Waals surface area contributed by atoms with Gasteiger partial charge < -0.3 is 15.4 Å². The van der Waals surface area contributed by atoms with Crippen LogP contribution >= 0.6 is 15.9 Å². The van der Waals surface area contributed by atoms with E-state index in [1.54, 1.807) is 31.4 Å². The molecule has 0 saturated heterocycles. The van der Waals surface area contributed by atoms with Crippen molar-refractivity contribution in [3.63, 3.8) is 0 Å². The second-order valence-electron chi connectivity index (χ2n) is 5.75. The fourth-order valence-electron chi connectivity index (χ4n) is 2.43. The van der Waals surface area contributed by atoms with E-state index in [4.69, 9.17) is 4.74 Å². The number of hydrogen-bond donors (Lipinski definition) is 2. The normalized spacial score (nSPS) is 10.2. The highest BCUT2D eigenvalue weighted by Gasteiger charge is 2.17. The molecule has 0 saturated carbocycles. The van der Waals surface area contributed by atoms with Crippen LogP contribution in [-0.4, -0.2) is 28.9 Å². The summed E-state index contributed by atoms with van der Waals surface area (Å²) in [5.74, 6) is -0.0963. The Bertz CT molecular complexity index is 993. The number of carbonyl (C=O) groups is 2. The van der Waals surface area contributed by atoms with Crippen LogP contribution in [0.3, 0.4) is 0 Å². The van der Waals surface area contributed by atoms with Crippen LogP contribution in [0.2, 0.25) is 0 Å². The summed E-state index contributed by atoms with van der Waals surface area (Å²) in [6.07, 6.45) is 2.81. The summed E-state index contributed by atoms with van der Waals surface area (Å²) in [7, 11) is 1.55. The van der Waals surface area contributed by atoms with Crippen molar-refractivity contribution >= 4 is 33.6 Å². The summed E-state index contributed by atoms with van der Waals surface area (Å²) in [6.45, 7) is 0.320. The van der Waals surface area contributed by atoms with Crippen LogP contribution in [0.4, 0.5) is 5.82 Å². The molecule has 1 aromatic heterocycles. The Hall–Kier alpha value is -3.26. The third-order valence-corrected chi connectivity index (χ3v) is 4.33. The number of rotatable bonds is 6. The van der Waals surface area contributed by atoms with Crippen molar-refractivity contribution in [1.29, 1.82) is 0 Å². The highest BCUT2D eigenvalue weighted by molar-refractivity contribution is 9.10. The lowest BCUT2D eigenvalue weighted by molar-refractivity contribution is 0.0946. The Morgan fingerprint density at radius 1 is 1.04 bits per heavy atom. The largest absolute Gasteiger partial charge is 0.497 e. The number of amides is 2. The number of methoxy groups -OCH3 is 1. The molecule has 8 heteroatoms. The predicted molar refractivity (Wildman–Crippen MR) is 108 cm³/mol. The van der Waals surface area contributed by atoms with Gasteiger partial charge in [-0.15, -0.1) is 0 Å². The van der Waals surface area contributed by atoms with Crippen molar-refractivity contribution in [1.82, 2.24) is 15.3 Å². The maximum Gasteiger partial charge on any atom is 0.274 e. The number of ether oxygens (including phenoxy) is 1. The van der Waals surface area contributed by atoms with Crippen molar-refractivity contribution in [2.45, 2.75) is 6.54 Å². The fourth-order valence-corrected chi connectivity index (χ4v) is 2.88. The standard InChI is InChI=1S/C20H17BrN4O3/c1-28-16-7-5-14(6-8-16)19(26)25-18-17(22-9-10-23-18)20(27)24-12-13-3-2-4-15(21)11-13/h2-11H,12H2,1H3,(H,24,27)(H,23,25,26). The average molecular weight is 441 g/mol. The molecule has 2 aromatic carbocycles. The first-order valence-corrected chi connectivity index (χ1v) is 9.15. The molecule has 0 aliphatic heterocycles. The van der Waals surface area contributed by atoms with Gasteiger partial charge in [0.05, 0.1) is 7.11 Å². The monoisotopic (exact) mass is 440 g/mol. The smallest absolute Gasteiger partial charge is 0.274 e. The minimum absolute atomic E-state index is 0.0411. The number of benzene rings is 2. The molecule has 2 N–H and O–H groups in total. The Kier molecular flexibility index (Phi) is 6.33. The van der Waals surface area contributed by atoms with Gasteiger partial charge in [0, 0.05) is 29.0 Å². The lowest BCUT2D eigenvalue weighted by atomic mass is 10.2. The molecule has 0 bridgehead atoms. The van der Waals surface area contributed by atoms with Gasteiger partial charge in [0.25, 0.3) is 11.8 Å². The molecule has 0 atom stereocenters. The minimum Gasteiger partial charge on any atom is -0.497 e. The number of nitrogens with zero attached hydrogens (tertiary/aromatic N) is 2. The van der Waals surface area contributed by atoms with Crippen LogP contribution in [0.5, 0.6) is 5.75 Å². The first kappa shape index (κ1) is 19.5. The van der Waals surface area contributed by atoms with Crippen LogP contribution < -0.4 is 15.4 Å². The number of carbonyl (C=O) groups excluding carboxylic acids is 2. The SMILES string of the molecule is COc1ccc(C(=O)Nc2nccnc2C(=O)NCc2cccc(Br)c2)cc1. The topological polar surface area (TPSA) is 93.2 Å². The van der Waals surface area contributed by atoms with Gasteiger partial charge in [0.15, 0.2) is 11.5 Å². The van der Waals surface area contributed by atoms with Gasteiger partial charge in [-0.2, -0.15) is 0 Å². The molecule has 7 nitrogen and oxygen atoms in total. The molecular formula is C20H17BrN4O3. The van der Waals surface area contributed by atoms with Gasteiger partial charge in [-0.05, 0) is 42.0 Å². The third kappa shape index (κ3) is 4.92. The molecule has 142 valence electrons. The zero-order chi connectivity index (χ0) is 19.9. The molecule has 2 amide bonds. The van der Waals surface area contributed by atoms with Crippen LogP contribution in [0.25, 0.3) is 0 Å². The molecular weight excluding hydrogens is 424 g/mol. The van der Waals surface area contributed by atoms with E-state index in [0.717, 1.165) is 10.0 Å². The third-order valence-electron chi connectivity index (χ3n) is 3.84. The Morgan fingerprint density at radius 3 is 2.50 bits per heavy atom. The Balaban J connectivity index is 1.71. The molecule has 1 heterocycles.